The van der Waals surface area contributed by atoms with Gasteiger partial charge in [0.1, 0.15) is 0 Å². The molecule has 0 fully saturated rings. The van der Waals surface area contributed by atoms with Crippen molar-refractivity contribution in [1.29, 1.82) is 0 Å². The first-order valence-corrected chi connectivity index (χ1v) is 19.3. The third kappa shape index (κ3) is 5.93. The topological polar surface area (TPSA) is 133 Å². The largest absolute Gasteiger partial charge is 0.354 e. The van der Waals surface area contributed by atoms with Crippen LogP contribution in [0.25, 0.3) is 0 Å². The Morgan fingerprint density at radius 1 is 0.560 bits per heavy atom. The number of nitrogens with zero attached hydrogens (tertiary/aromatic N) is 2. The van der Waals surface area contributed by atoms with Crippen molar-refractivity contribution < 1.29 is 26.4 Å². The van der Waals surface area contributed by atoms with Crippen LogP contribution in [-0.2, 0) is 32.9 Å². The summed E-state index contributed by atoms with van der Waals surface area (Å²) in [5.41, 5.74) is 6.50. The van der Waals surface area contributed by atoms with Crippen molar-refractivity contribution in [3.05, 3.63) is 104 Å². The van der Waals surface area contributed by atoms with Crippen molar-refractivity contribution in [2.24, 2.45) is 0 Å². The average Bonchev–Trinajstić information content (AvgIpc) is 3.05. The summed E-state index contributed by atoms with van der Waals surface area (Å²) in [6, 6.07) is 13.7. The number of carbonyl (C=O) groups excluding carboxylic acids is 2. The molecular weight excluding hydrogens is 673 g/mol. The molecule has 0 aliphatic heterocycles. The van der Waals surface area contributed by atoms with E-state index >= 15 is 0 Å². The molecule has 0 heterocycles. The second-order valence-corrected chi connectivity index (χ2v) is 17.2. The maximum atomic E-state index is 14.4. The Morgan fingerprint density at radius 2 is 0.900 bits per heavy atom. The minimum Gasteiger partial charge on any atom is -0.354 e. The quantitative estimate of drug-likeness (QED) is 0.161. The van der Waals surface area contributed by atoms with E-state index in [1.807, 2.05) is 27.7 Å². The highest BCUT2D eigenvalue weighted by Gasteiger charge is 2.35. The van der Waals surface area contributed by atoms with E-state index in [1.165, 1.54) is 36.8 Å². The molecule has 0 radical (unpaired) electrons. The molecule has 1 aliphatic rings. The lowest BCUT2D eigenvalue weighted by Crippen LogP contribution is -2.26. The molecule has 2 N–H and O–H groups in total. The van der Waals surface area contributed by atoms with Crippen molar-refractivity contribution in [2.75, 3.05) is 38.8 Å². The first kappa shape index (κ1) is 36.9. The highest BCUT2D eigenvalue weighted by molar-refractivity contribution is 7.89. The van der Waals surface area contributed by atoms with E-state index in [4.69, 9.17) is 0 Å². The molecule has 0 unspecified atom stereocenters. The normalized spacial score (nSPS) is 13.1. The molecule has 50 heavy (non-hydrogen) atoms. The number of rotatable bonds is 10. The van der Waals surface area contributed by atoms with Gasteiger partial charge in [-0.05, 0) is 86.1 Å². The van der Waals surface area contributed by atoms with Crippen LogP contribution >= 0.6 is 0 Å². The van der Waals surface area contributed by atoms with Crippen molar-refractivity contribution >= 4 is 54.4 Å². The molecular formula is C38H44N4O6S2. The third-order valence-electron chi connectivity index (χ3n) is 9.30. The van der Waals surface area contributed by atoms with Crippen molar-refractivity contribution in [2.45, 2.75) is 64.2 Å². The van der Waals surface area contributed by atoms with Crippen LogP contribution in [-0.4, -0.2) is 65.2 Å². The van der Waals surface area contributed by atoms with Crippen LogP contribution in [0.15, 0.2) is 58.3 Å². The lowest BCUT2D eigenvalue weighted by molar-refractivity contribution is 0.0980. The second kappa shape index (κ2) is 13.4. The monoisotopic (exact) mass is 716 g/mol. The molecule has 0 spiro atoms. The van der Waals surface area contributed by atoms with Crippen molar-refractivity contribution in [3.63, 3.8) is 0 Å². The standard InChI is InChI=1S/C38H44N4O6S2/c1-11-25-33(21(3)19-23(5)37(25)49(45,46)41(7)8)39-29-17-18-30(32-31(29)35(43)27-15-13-14-16-28(27)36(32)44)40-34-22(4)20-24(6)38(26(34)12-2)50(47,48)42(9)10/h13-20,39-40H,11-12H2,1-10H3. The Balaban J connectivity index is 1.78. The number of sulfonamides is 2. The maximum absolute atomic E-state index is 14.4. The Kier molecular flexibility index (Phi) is 9.89. The van der Waals surface area contributed by atoms with Crippen LogP contribution in [0.1, 0.15) is 79.1 Å². The Hall–Kier alpha value is -4.36. The fraction of sp³-hybridized carbons (Fsp3) is 0.316. The molecule has 5 rings (SSSR count). The lowest BCUT2D eigenvalue weighted by Gasteiger charge is -2.27. The van der Waals surface area contributed by atoms with Gasteiger partial charge in [0.05, 0.1) is 32.3 Å². The number of carbonyl (C=O) groups is 2. The van der Waals surface area contributed by atoms with Crippen LogP contribution in [0.4, 0.5) is 22.7 Å². The fourth-order valence-electron chi connectivity index (χ4n) is 6.91. The predicted molar refractivity (Wildman–Crippen MR) is 199 cm³/mol. The van der Waals surface area contributed by atoms with Gasteiger partial charge in [-0.1, -0.05) is 50.2 Å². The van der Waals surface area contributed by atoms with Crippen molar-refractivity contribution in [1.82, 2.24) is 8.61 Å². The van der Waals surface area contributed by atoms with Gasteiger partial charge in [-0.25, -0.2) is 25.4 Å². The molecule has 0 aromatic heterocycles. The first-order valence-electron chi connectivity index (χ1n) is 16.4. The van der Waals surface area contributed by atoms with Crippen LogP contribution in [0, 0.1) is 27.7 Å². The van der Waals surface area contributed by atoms with Gasteiger partial charge in [-0.15, -0.1) is 0 Å². The number of ketones is 2. The molecule has 12 heteroatoms. The Morgan fingerprint density at radius 3 is 1.20 bits per heavy atom. The van der Waals surface area contributed by atoms with Gasteiger partial charge in [0.2, 0.25) is 20.0 Å². The van der Waals surface area contributed by atoms with Crippen LogP contribution < -0.4 is 10.6 Å². The SMILES string of the molecule is CCc1c(Nc2ccc(Nc3c(C)cc(C)c(S(=O)(=O)N(C)C)c3CC)c3c2C(=O)c2ccccc2C3=O)c(C)cc(C)c1S(=O)(=O)N(C)C. The minimum atomic E-state index is -3.82. The molecule has 4 aromatic rings. The Bertz CT molecular complexity index is 2150. The zero-order chi connectivity index (χ0) is 37.0. The predicted octanol–water partition coefficient (Wildman–Crippen LogP) is 6.81. The fourth-order valence-corrected chi connectivity index (χ4v) is 9.69. The van der Waals surface area contributed by atoms with Crippen LogP contribution in [0.5, 0.6) is 0 Å². The molecule has 0 bridgehead atoms. The Labute approximate surface area is 295 Å². The van der Waals surface area contributed by atoms with Crippen molar-refractivity contribution in [3.8, 4) is 0 Å². The number of fused-ring (bicyclic) bond motifs is 2. The summed E-state index contributed by atoms with van der Waals surface area (Å²) < 4.78 is 56.4. The summed E-state index contributed by atoms with van der Waals surface area (Å²) in [4.78, 5) is 29.1. The molecule has 264 valence electrons. The number of aryl methyl sites for hydroxylation is 4. The van der Waals surface area contributed by atoms with Gasteiger partial charge in [-0.2, -0.15) is 0 Å². The van der Waals surface area contributed by atoms with E-state index in [0.29, 0.717) is 57.8 Å². The maximum Gasteiger partial charge on any atom is 0.243 e. The zero-order valence-electron chi connectivity index (χ0n) is 30.2. The van der Waals surface area contributed by atoms with E-state index in [-0.39, 0.29) is 43.6 Å². The van der Waals surface area contributed by atoms with Crippen LogP contribution in [0.3, 0.4) is 0 Å². The molecule has 4 aromatic carbocycles. The van der Waals surface area contributed by atoms with Gasteiger partial charge in [0, 0.05) is 50.7 Å². The average molecular weight is 717 g/mol. The van der Waals surface area contributed by atoms with Gasteiger partial charge in [0.15, 0.2) is 11.6 Å². The number of anilines is 4. The molecule has 10 nitrogen and oxygen atoms in total. The zero-order valence-corrected chi connectivity index (χ0v) is 31.8. The lowest BCUT2D eigenvalue weighted by atomic mass is 9.82. The molecule has 0 saturated heterocycles. The molecule has 0 atom stereocenters. The van der Waals surface area contributed by atoms with E-state index < -0.39 is 20.0 Å². The second-order valence-electron chi connectivity index (χ2n) is 13.0. The van der Waals surface area contributed by atoms with Crippen LogP contribution in [0.2, 0.25) is 0 Å². The summed E-state index contributed by atoms with van der Waals surface area (Å²) >= 11 is 0. The van der Waals surface area contributed by atoms with E-state index in [2.05, 4.69) is 10.6 Å². The van der Waals surface area contributed by atoms with Gasteiger partial charge < -0.3 is 10.6 Å². The molecule has 0 amide bonds. The van der Waals surface area contributed by atoms with Gasteiger partial charge >= 0.3 is 0 Å². The van der Waals surface area contributed by atoms with Gasteiger partial charge in [-0.3, -0.25) is 9.59 Å². The minimum absolute atomic E-state index is 0.140. The summed E-state index contributed by atoms with van der Waals surface area (Å²) in [6.45, 7) is 11.0. The summed E-state index contributed by atoms with van der Waals surface area (Å²) in [7, 11) is -1.68. The number of benzene rings is 4. The number of hydrogen-bond donors (Lipinski definition) is 2. The summed E-state index contributed by atoms with van der Waals surface area (Å²) in [5.74, 6) is -0.727. The number of nitrogens with one attached hydrogen (secondary N) is 2. The highest BCUT2D eigenvalue weighted by atomic mass is 32.2. The highest BCUT2D eigenvalue weighted by Crippen LogP contribution is 2.42. The third-order valence-corrected chi connectivity index (χ3v) is 13.4. The van der Waals surface area contributed by atoms with Gasteiger partial charge in [0.25, 0.3) is 0 Å². The molecule has 0 saturated carbocycles. The smallest absolute Gasteiger partial charge is 0.243 e. The summed E-state index contributed by atoms with van der Waals surface area (Å²) in [5, 5.41) is 6.77. The van der Waals surface area contributed by atoms with E-state index in [9.17, 15) is 26.4 Å². The number of hydrogen-bond acceptors (Lipinski definition) is 8. The van der Waals surface area contributed by atoms with E-state index in [1.54, 1.807) is 62.4 Å². The summed E-state index contributed by atoms with van der Waals surface area (Å²) in [6.07, 6.45) is 0.769. The molecule has 1 aliphatic carbocycles. The van der Waals surface area contributed by atoms with E-state index in [0.717, 1.165) is 11.1 Å². The first-order chi connectivity index (χ1) is 23.4.